The second-order valence-corrected chi connectivity index (χ2v) is 7.27. The summed E-state index contributed by atoms with van der Waals surface area (Å²) in [5, 5.41) is 12.0. The van der Waals surface area contributed by atoms with Gasteiger partial charge in [-0.2, -0.15) is 0 Å². The number of alkyl carbamates (subject to hydrolysis) is 1. The fourth-order valence-electron chi connectivity index (χ4n) is 3.87. The van der Waals surface area contributed by atoms with Gasteiger partial charge >= 0.3 is 12.1 Å². The van der Waals surface area contributed by atoms with Crippen molar-refractivity contribution < 1.29 is 19.4 Å². The molecule has 2 aromatic carbocycles. The molecule has 0 unspecified atom stereocenters. The number of carboxylic acid groups (broad SMARTS) is 1. The first-order valence-electron chi connectivity index (χ1n) is 9.85. The van der Waals surface area contributed by atoms with Gasteiger partial charge in [0.25, 0.3) is 0 Å². The molecule has 1 amide bonds. The molecule has 152 valence electrons. The lowest BCUT2D eigenvalue weighted by Crippen LogP contribution is -2.35. The predicted molar refractivity (Wildman–Crippen MR) is 112 cm³/mol. The van der Waals surface area contributed by atoms with E-state index >= 15 is 0 Å². The largest absolute Gasteiger partial charge is 0.481 e. The molecule has 1 atom stereocenters. The van der Waals surface area contributed by atoms with E-state index in [1.54, 1.807) is 24.4 Å². The van der Waals surface area contributed by atoms with Gasteiger partial charge in [-0.15, -0.1) is 0 Å². The summed E-state index contributed by atoms with van der Waals surface area (Å²) < 4.78 is 5.46. The van der Waals surface area contributed by atoms with Crippen molar-refractivity contribution in [1.29, 1.82) is 0 Å². The van der Waals surface area contributed by atoms with Crippen LogP contribution in [0.15, 0.2) is 72.9 Å². The quantitative estimate of drug-likeness (QED) is 0.626. The van der Waals surface area contributed by atoms with E-state index in [2.05, 4.69) is 34.6 Å². The maximum Gasteiger partial charge on any atom is 0.407 e. The molecule has 1 aromatic heterocycles. The van der Waals surface area contributed by atoms with Crippen LogP contribution in [-0.2, 0) is 16.0 Å². The molecule has 1 aliphatic rings. The third kappa shape index (κ3) is 4.17. The Kier molecular flexibility index (Phi) is 5.75. The van der Waals surface area contributed by atoms with Gasteiger partial charge in [0, 0.05) is 30.8 Å². The Morgan fingerprint density at radius 3 is 2.20 bits per heavy atom. The number of rotatable bonds is 7. The maximum atomic E-state index is 12.3. The van der Waals surface area contributed by atoms with E-state index in [1.807, 2.05) is 24.3 Å². The van der Waals surface area contributed by atoms with Crippen molar-refractivity contribution in [1.82, 2.24) is 10.3 Å². The zero-order valence-corrected chi connectivity index (χ0v) is 16.3. The summed E-state index contributed by atoms with van der Waals surface area (Å²) in [6, 6.07) is 21.5. The lowest BCUT2D eigenvalue weighted by molar-refractivity contribution is -0.141. The molecule has 2 N–H and O–H groups in total. The van der Waals surface area contributed by atoms with Gasteiger partial charge in [-0.3, -0.25) is 9.78 Å². The number of carbonyl (C=O) groups excluding carboxylic acids is 1. The molecule has 0 bridgehead atoms. The first-order valence-corrected chi connectivity index (χ1v) is 9.85. The number of benzene rings is 2. The smallest absolute Gasteiger partial charge is 0.407 e. The Hall–Kier alpha value is -3.67. The van der Waals surface area contributed by atoms with Gasteiger partial charge in [0.15, 0.2) is 0 Å². The Balaban J connectivity index is 1.36. The van der Waals surface area contributed by atoms with E-state index in [1.165, 1.54) is 0 Å². The monoisotopic (exact) mass is 402 g/mol. The highest BCUT2D eigenvalue weighted by atomic mass is 16.5. The van der Waals surface area contributed by atoms with Gasteiger partial charge < -0.3 is 15.2 Å². The van der Waals surface area contributed by atoms with E-state index in [0.29, 0.717) is 5.69 Å². The van der Waals surface area contributed by atoms with Crippen molar-refractivity contribution in [2.24, 2.45) is 5.92 Å². The fraction of sp³-hybridized carbons (Fsp3) is 0.208. The molecular formula is C24H22N2O4. The molecule has 1 heterocycles. The van der Waals surface area contributed by atoms with Crippen LogP contribution in [-0.4, -0.2) is 35.3 Å². The normalized spacial score (nSPS) is 13.2. The van der Waals surface area contributed by atoms with Crippen molar-refractivity contribution >= 4 is 12.1 Å². The zero-order valence-electron chi connectivity index (χ0n) is 16.3. The van der Waals surface area contributed by atoms with E-state index in [0.717, 1.165) is 22.3 Å². The topological polar surface area (TPSA) is 88.5 Å². The number of aliphatic carboxylic acids is 1. The molecule has 6 heteroatoms. The average molecular weight is 402 g/mol. The maximum absolute atomic E-state index is 12.3. The molecule has 6 nitrogen and oxygen atoms in total. The molecule has 0 saturated carbocycles. The molecular weight excluding hydrogens is 380 g/mol. The SMILES string of the molecule is O=C(NC[C@@H](Cc1ccccn1)C(=O)O)OCC1c2ccccc2-c2ccccc21. The van der Waals surface area contributed by atoms with Crippen LogP contribution in [0.5, 0.6) is 0 Å². The summed E-state index contributed by atoms with van der Waals surface area (Å²) in [7, 11) is 0. The third-order valence-electron chi connectivity index (χ3n) is 5.37. The highest BCUT2D eigenvalue weighted by Crippen LogP contribution is 2.44. The van der Waals surface area contributed by atoms with Crippen molar-refractivity contribution in [2.45, 2.75) is 12.3 Å². The summed E-state index contributed by atoms with van der Waals surface area (Å²) >= 11 is 0. The Morgan fingerprint density at radius 2 is 1.60 bits per heavy atom. The summed E-state index contributed by atoms with van der Waals surface area (Å²) in [4.78, 5) is 28.0. The molecule has 0 saturated heterocycles. The van der Waals surface area contributed by atoms with Crippen LogP contribution in [0.1, 0.15) is 22.7 Å². The highest BCUT2D eigenvalue weighted by Gasteiger charge is 2.29. The fourth-order valence-corrected chi connectivity index (χ4v) is 3.87. The number of carbonyl (C=O) groups is 2. The van der Waals surface area contributed by atoms with Crippen molar-refractivity contribution in [3.63, 3.8) is 0 Å². The number of aromatic nitrogens is 1. The van der Waals surface area contributed by atoms with Crippen molar-refractivity contribution in [3.8, 4) is 11.1 Å². The standard InChI is InChI=1S/C24H22N2O4/c27-23(28)16(13-17-7-5-6-12-25-17)14-26-24(29)30-15-22-20-10-3-1-8-18(20)19-9-2-4-11-21(19)22/h1-12,16,22H,13-15H2,(H,26,29)(H,27,28)/t16-/m1/s1. The van der Waals surface area contributed by atoms with Gasteiger partial charge in [-0.1, -0.05) is 54.6 Å². The second-order valence-electron chi connectivity index (χ2n) is 7.27. The van der Waals surface area contributed by atoms with E-state index in [-0.39, 0.29) is 25.5 Å². The first-order chi connectivity index (χ1) is 14.6. The van der Waals surface area contributed by atoms with Gasteiger partial charge in [0.2, 0.25) is 0 Å². The number of nitrogens with one attached hydrogen (secondary N) is 1. The number of nitrogens with zero attached hydrogens (tertiary/aromatic N) is 1. The van der Waals surface area contributed by atoms with Crippen LogP contribution in [0.4, 0.5) is 4.79 Å². The van der Waals surface area contributed by atoms with Crippen LogP contribution in [0.3, 0.4) is 0 Å². The van der Waals surface area contributed by atoms with Crippen molar-refractivity contribution in [2.75, 3.05) is 13.2 Å². The van der Waals surface area contributed by atoms with Crippen molar-refractivity contribution in [3.05, 3.63) is 89.7 Å². The summed E-state index contributed by atoms with van der Waals surface area (Å²) in [5.41, 5.74) is 5.24. The number of amides is 1. The third-order valence-corrected chi connectivity index (χ3v) is 5.37. The second kappa shape index (κ2) is 8.78. The molecule has 3 aromatic rings. The van der Waals surface area contributed by atoms with Crippen LogP contribution < -0.4 is 5.32 Å². The zero-order chi connectivity index (χ0) is 20.9. The van der Waals surface area contributed by atoms with Crippen LogP contribution >= 0.6 is 0 Å². The minimum absolute atomic E-state index is 0.0252. The number of hydrogen-bond acceptors (Lipinski definition) is 4. The molecule has 30 heavy (non-hydrogen) atoms. The number of carboxylic acids is 1. The van der Waals surface area contributed by atoms with E-state index in [9.17, 15) is 14.7 Å². The molecule has 0 spiro atoms. The Morgan fingerprint density at radius 1 is 0.967 bits per heavy atom. The summed E-state index contributed by atoms with van der Waals surface area (Å²) in [5.74, 6) is -1.80. The minimum Gasteiger partial charge on any atom is -0.481 e. The lowest BCUT2D eigenvalue weighted by Gasteiger charge is -2.16. The van der Waals surface area contributed by atoms with Crippen LogP contribution in [0, 0.1) is 5.92 Å². The molecule has 1 aliphatic carbocycles. The number of fused-ring (bicyclic) bond motifs is 3. The Bertz CT molecular complexity index is 1010. The summed E-state index contributed by atoms with van der Waals surface area (Å²) in [6.45, 7) is 0.167. The molecule has 4 rings (SSSR count). The minimum atomic E-state index is -0.986. The van der Waals surface area contributed by atoms with Crippen LogP contribution in [0.2, 0.25) is 0 Å². The first kappa shape index (κ1) is 19.6. The molecule has 0 fully saturated rings. The number of hydrogen-bond donors (Lipinski definition) is 2. The number of pyridine rings is 1. The van der Waals surface area contributed by atoms with Crippen LogP contribution in [0.25, 0.3) is 11.1 Å². The predicted octanol–water partition coefficient (Wildman–Crippen LogP) is 3.86. The average Bonchev–Trinajstić information content (AvgIpc) is 3.09. The Labute approximate surface area is 174 Å². The highest BCUT2D eigenvalue weighted by molar-refractivity contribution is 5.79. The van der Waals surface area contributed by atoms with E-state index in [4.69, 9.17) is 4.74 Å². The van der Waals surface area contributed by atoms with Gasteiger partial charge in [-0.05, 0) is 34.4 Å². The molecule has 0 aliphatic heterocycles. The summed E-state index contributed by atoms with van der Waals surface area (Å²) in [6.07, 6.45) is 1.23. The van der Waals surface area contributed by atoms with Gasteiger partial charge in [-0.25, -0.2) is 4.79 Å². The van der Waals surface area contributed by atoms with Gasteiger partial charge in [0.1, 0.15) is 6.61 Å². The van der Waals surface area contributed by atoms with Gasteiger partial charge in [0.05, 0.1) is 5.92 Å². The lowest BCUT2D eigenvalue weighted by atomic mass is 9.98. The number of ether oxygens (including phenoxy) is 1. The molecule has 0 radical (unpaired) electrons. The van der Waals surface area contributed by atoms with E-state index < -0.39 is 18.0 Å².